The van der Waals surface area contributed by atoms with Gasteiger partial charge in [0.25, 0.3) is 0 Å². The van der Waals surface area contributed by atoms with Crippen LogP contribution < -0.4 is 0 Å². The number of epoxide rings is 1. The van der Waals surface area contributed by atoms with Crippen molar-refractivity contribution in [1.29, 1.82) is 0 Å². The van der Waals surface area contributed by atoms with E-state index in [1.165, 1.54) is 5.70 Å². The van der Waals surface area contributed by atoms with Gasteiger partial charge < -0.3 is 44.7 Å². The van der Waals surface area contributed by atoms with Gasteiger partial charge in [0.15, 0.2) is 0 Å². The summed E-state index contributed by atoms with van der Waals surface area (Å²) >= 11 is 0. The van der Waals surface area contributed by atoms with Crippen LogP contribution in [0.1, 0.15) is 6.42 Å². The SMILES string of the molecule is C=C[Si](C)(O)O[Si](C)(C=C)O[Si](C)(C)O[Si](C)(C)O.CO[Si](CCCOCC1CO1)(OC)OC. The molecule has 0 aromatic rings. The molecule has 0 spiro atoms. The van der Waals surface area contributed by atoms with Gasteiger partial charge in [0, 0.05) is 34.0 Å². The molecule has 3 atom stereocenters. The Morgan fingerprint density at radius 1 is 0.882 bits per heavy atom. The minimum Gasteiger partial charge on any atom is -0.416 e. The van der Waals surface area contributed by atoms with E-state index in [2.05, 4.69) is 13.2 Å². The van der Waals surface area contributed by atoms with E-state index in [1.54, 1.807) is 53.2 Å². The Balaban J connectivity index is 0.000000657. The maximum atomic E-state index is 10.1. The Labute approximate surface area is 211 Å². The molecule has 2 N–H and O–H groups in total. The largest absolute Gasteiger partial charge is 0.500 e. The van der Waals surface area contributed by atoms with E-state index in [9.17, 15) is 9.59 Å². The second-order valence-electron chi connectivity index (χ2n) is 9.06. The molecule has 34 heavy (non-hydrogen) atoms. The summed E-state index contributed by atoms with van der Waals surface area (Å²) in [4.78, 5) is 19.9. The predicted molar refractivity (Wildman–Crippen MR) is 143 cm³/mol. The highest BCUT2D eigenvalue weighted by molar-refractivity contribution is 6.90. The molecule has 1 aliphatic heterocycles. The van der Waals surface area contributed by atoms with Crippen LogP contribution in [0.4, 0.5) is 0 Å². The summed E-state index contributed by atoms with van der Waals surface area (Å²) in [6.45, 7) is 20.0. The topological polar surface area (TPSA) is 118 Å². The highest BCUT2D eigenvalue weighted by Gasteiger charge is 2.45. The molecular weight excluding hydrogens is 529 g/mol. The Morgan fingerprint density at radius 2 is 1.41 bits per heavy atom. The third-order valence-corrected chi connectivity index (χ3v) is 19.7. The number of hydrogen-bond acceptors (Lipinski definition) is 10. The van der Waals surface area contributed by atoms with Crippen molar-refractivity contribution in [3.05, 3.63) is 24.6 Å². The lowest BCUT2D eigenvalue weighted by Gasteiger charge is -2.38. The van der Waals surface area contributed by atoms with Crippen molar-refractivity contribution >= 4 is 43.0 Å². The van der Waals surface area contributed by atoms with Crippen molar-refractivity contribution < 1.29 is 44.7 Å². The average molecular weight is 575 g/mol. The highest BCUT2D eigenvalue weighted by Crippen LogP contribution is 2.23. The highest BCUT2D eigenvalue weighted by atomic mass is 28.5. The molecule has 1 aliphatic rings. The van der Waals surface area contributed by atoms with Crippen molar-refractivity contribution in [3.63, 3.8) is 0 Å². The fourth-order valence-corrected chi connectivity index (χ4v) is 18.8. The van der Waals surface area contributed by atoms with Gasteiger partial charge in [-0.1, -0.05) is 11.4 Å². The van der Waals surface area contributed by atoms with E-state index in [1.807, 2.05) is 13.1 Å². The van der Waals surface area contributed by atoms with Crippen LogP contribution >= 0.6 is 0 Å². The summed E-state index contributed by atoms with van der Waals surface area (Å²) in [7, 11) is -8.46. The molecule has 0 aromatic heterocycles. The molecule has 202 valence electrons. The minimum absolute atomic E-state index is 0.333. The molecule has 15 heteroatoms. The maximum Gasteiger partial charge on any atom is 0.500 e. The second kappa shape index (κ2) is 14.8. The molecule has 0 bridgehead atoms. The maximum absolute atomic E-state index is 10.1. The van der Waals surface area contributed by atoms with Crippen molar-refractivity contribution in [2.45, 2.75) is 57.9 Å². The zero-order chi connectivity index (χ0) is 26.7. The van der Waals surface area contributed by atoms with Crippen LogP contribution in [0.5, 0.6) is 0 Å². The summed E-state index contributed by atoms with van der Waals surface area (Å²) in [6.07, 6.45) is 1.22. The number of rotatable bonds is 17. The first-order chi connectivity index (χ1) is 15.5. The van der Waals surface area contributed by atoms with E-state index in [0.29, 0.717) is 19.3 Å². The van der Waals surface area contributed by atoms with Gasteiger partial charge in [-0.3, -0.25) is 0 Å². The van der Waals surface area contributed by atoms with Crippen LogP contribution in [0.3, 0.4) is 0 Å². The lowest BCUT2D eigenvalue weighted by Crippen LogP contribution is -2.57. The fourth-order valence-electron chi connectivity index (χ4n) is 2.99. The van der Waals surface area contributed by atoms with Gasteiger partial charge in [-0.25, -0.2) is 0 Å². The van der Waals surface area contributed by atoms with Crippen molar-refractivity contribution in [2.24, 2.45) is 0 Å². The van der Waals surface area contributed by atoms with Crippen LogP contribution in [-0.2, 0) is 35.1 Å². The first-order valence-corrected chi connectivity index (χ1v) is 23.6. The van der Waals surface area contributed by atoms with Gasteiger partial charge in [-0.15, -0.1) is 13.2 Å². The molecule has 1 heterocycles. The number of hydrogen-bond donors (Lipinski definition) is 2. The van der Waals surface area contributed by atoms with Crippen LogP contribution in [0.2, 0.25) is 45.3 Å². The van der Waals surface area contributed by atoms with Gasteiger partial charge in [-0.2, -0.15) is 0 Å². The summed E-state index contributed by atoms with van der Waals surface area (Å²) in [5.74, 6) is 0. The molecule has 0 amide bonds. The molecule has 1 rings (SSSR count). The van der Waals surface area contributed by atoms with Gasteiger partial charge in [0.2, 0.25) is 0 Å². The first kappa shape index (κ1) is 34.2. The third-order valence-electron chi connectivity index (χ3n) is 4.51. The molecule has 1 fully saturated rings. The molecule has 3 unspecified atom stereocenters. The molecule has 1 saturated heterocycles. The standard InChI is InChI=1S/C10H26O5Si4.C9H20O5Si/c1-9-18(7,12)15-19(8,10-2)14-17(5,6)13-16(3,4)11;1-10-15(11-2,12-3)6-4-5-13-7-9-8-14-9/h9-12H,1-2H2,3-8H3;9H,4-8H2,1-3H3. The summed E-state index contributed by atoms with van der Waals surface area (Å²) in [5.41, 5.74) is 3.05. The molecule has 0 saturated carbocycles. The van der Waals surface area contributed by atoms with Gasteiger partial charge >= 0.3 is 43.0 Å². The zero-order valence-electron chi connectivity index (χ0n) is 22.3. The molecular formula is C19H46O10Si5. The second-order valence-corrected chi connectivity index (χ2v) is 25.3. The molecule has 0 aliphatic carbocycles. The monoisotopic (exact) mass is 574 g/mol. The zero-order valence-corrected chi connectivity index (χ0v) is 27.3. The van der Waals surface area contributed by atoms with E-state index in [-0.39, 0.29) is 0 Å². The van der Waals surface area contributed by atoms with E-state index in [4.69, 9.17) is 35.1 Å². The Hall–Kier alpha value is 0.164. The van der Waals surface area contributed by atoms with E-state index in [0.717, 1.165) is 19.1 Å². The average Bonchev–Trinajstić information content (AvgIpc) is 3.53. The van der Waals surface area contributed by atoms with Crippen LogP contribution in [0, 0.1) is 0 Å². The molecule has 0 aromatic carbocycles. The fraction of sp³-hybridized carbons (Fsp3) is 0.789. The van der Waals surface area contributed by atoms with Gasteiger partial charge in [-0.05, 0) is 45.7 Å². The molecule has 10 nitrogen and oxygen atoms in total. The van der Waals surface area contributed by atoms with Crippen LogP contribution in [0.15, 0.2) is 24.6 Å². The Kier molecular flexibility index (Phi) is 14.9. The van der Waals surface area contributed by atoms with E-state index >= 15 is 0 Å². The minimum atomic E-state index is -2.95. The van der Waals surface area contributed by atoms with Crippen molar-refractivity contribution in [1.82, 2.24) is 0 Å². The normalized spacial score (nSPS) is 19.9. The van der Waals surface area contributed by atoms with Crippen LogP contribution in [0.25, 0.3) is 0 Å². The summed E-state index contributed by atoms with van der Waals surface area (Å²) in [5, 5.41) is 0. The Morgan fingerprint density at radius 3 is 1.79 bits per heavy atom. The lowest BCUT2D eigenvalue weighted by molar-refractivity contribution is 0.100. The molecule has 0 radical (unpaired) electrons. The first-order valence-electron chi connectivity index (χ1n) is 11.2. The van der Waals surface area contributed by atoms with Crippen LogP contribution in [-0.4, -0.2) is 99.9 Å². The predicted octanol–water partition coefficient (Wildman–Crippen LogP) is 2.69. The van der Waals surface area contributed by atoms with Crippen molar-refractivity contribution in [2.75, 3.05) is 41.2 Å². The van der Waals surface area contributed by atoms with Crippen molar-refractivity contribution in [3.8, 4) is 0 Å². The van der Waals surface area contributed by atoms with Gasteiger partial charge in [0.05, 0.1) is 13.2 Å². The quantitative estimate of drug-likeness (QED) is 0.152. The lowest BCUT2D eigenvalue weighted by atomic mass is 10.5. The van der Waals surface area contributed by atoms with E-state index < -0.39 is 43.0 Å². The Bertz CT molecular complexity index is 601. The smallest absolute Gasteiger partial charge is 0.416 e. The summed E-state index contributed by atoms with van der Waals surface area (Å²) < 4.78 is 43.8. The third kappa shape index (κ3) is 15.3. The number of ether oxygens (including phenoxy) is 2. The summed E-state index contributed by atoms with van der Waals surface area (Å²) in [6, 6.07) is 0.780. The van der Waals surface area contributed by atoms with Gasteiger partial charge in [0.1, 0.15) is 6.10 Å².